The molecule has 3 N–H and O–H groups in total. The van der Waals surface area contributed by atoms with Gasteiger partial charge in [0.25, 0.3) is 5.91 Å². The molecular weight excluding hydrogens is 372 g/mol. The number of hydrogen-bond donors (Lipinski definition) is 3. The number of amides is 1. The van der Waals surface area contributed by atoms with Crippen LogP contribution in [0.5, 0.6) is 11.6 Å². The van der Waals surface area contributed by atoms with Crippen molar-refractivity contribution < 1.29 is 14.6 Å². The Hall–Kier alpha value is -3.59. The Balaban J connectivity index is 1.69. The normalized spacial score (nSPS) is 10.9. The van der Waals surface area contributed by atoms with Gasteiger partial charge in [0.2, 0.25) is 5.88 Å². The highest BCUT2D eigenvalue weighted by Crippen LogP contribution is 2.34. The fraction of sp³-hybridized carbons (Fsp3) is 0.0588. The zero-order valence-electron chi connectivity index (χ0n) is 14.0. The van der Waals surface area contributed by atoms with Gasteiger partial charge in [-0.2, -0.15) is 15.2 Å². The maximum Gasteiger partial charge on any atom is 0.261 e. The van der Waals surface area contributed by atoms with Gasteiger partial charge < -0.3 is 15.2 Å². The number of H-pyrrole nitrogens is 1. The molecule has 0 aliphatic carbocycles. The summed E-state index contributed by atoms with van der Waals surface area (Å²) in [7, 11) is 1.49. The van der Waals surface area contributed by atoms with E-state index < -0.39 is 5.91 Å². The third kappa shape index (κ3) is 3.04. The summed E-state index contributed by atoms with van der Waals surface area (Å²) < 4.78 is 6.56. The minimum absolute atomic E-state index is 0.00142. The Morgan fingerprint density at radius 2 is 2.19 bits per heavy atom. The molecule has 1 aromatic carbocycles. The van der Waals surface area contributed by atoms with Crippen LogP contribution in [0.1, 0.15) is 10.4 Å². The summed E-state index contributed by atoms with van der Waals surface area (Å²) in [5.41, 5.74) is 1.82. The number of methoxy groups -OCH3 is 1. The molecule has 0 bridgehead atoms. The van der Waals surface area contributed by atoms with E-state index in [1.54, 1.807) is 24.4 Å². The van der Waals surface area contributed by atoms with Crippen LogP contribution in [0.2, 0.25) is 5.02 Å². The van der Waals surface area contributed by atoms with Crippen molar-refractivity contribution in [2.24, 2.45) is 0 Å². The number of nitrogens with zero attached hydrogens (tertiary/aromatic N) is 4. The molecule has 4 rings (SSSR count). The van der Waals surface area contributed by atoms with Crippen molar-refractivity contribution in [3.05, 3.63) is 53.4 Å². The molecule has 0 radical (unpaired) electrons. The number of anilines is 1. The van der Waals surface area contributed by atoms with Crippen molar-refractivity contribution in [3.63, 3.8) is 0 Å². The second-order valence-corrected chi connectivity index (χ2v) is 6.01. The molecule has 0 fully saturated rings. The third-order valence-corrected chi connectivity index (χ3v) is 4.15. The van der Waals surface area contributed by atoms with Gasteiger partial charge in [0.15, 0.2) is 5.65 Å². The first-order chi connectivity index (χ1) is 13.1. The highest BCUT2D eigenvalue weighted by Gasteiger charge is 2.19. The van der Waals surface area contributed by atoms with Crippen molar-refractivity contribution in [1.29, 1.82) is 0 Å². The van der Waals surface area contributed by atoms with E-state index in [2.05, 4.69) is 25.6 Å². The number of aromatic amines is 1. The zero-order valence-corrected chi connectivity index (χ0v) is 14.7. The fourth-order valence-electron chi connectivity index (χ4n) is 2.61. The van der Waals surface area contributed by atoms with Gasteiger partial charge in [0.05, 0.1) is 30.9 Å². The van der Waals surface area contributed by atoms with Gasteiger partial charge in [-0.05, 0) is 18.2 Å². The molecule has 10 heteroatoms. The van der Waals surface area contributed by atoms with E-state index in [4.69, 9.17) is 16.3 Å². The molecule has 27 heavy (non-hydrogen) atoms. The Kier molecular flexibility index (Phi) is 4.13. The molecule has 4 aromatic rings. The minimum atomic E-state index is -0.435. The molecule has 136 valence electrons. The van der Waals surface area contributed by atoms with Crippen LogP contribution in [0.4, 0.5) is 5.69 Å². The van der Waals surface area contributed by atoms with Crippen molar-refractivity contribution in [2.45, 2.75) is 0 Å². The number of fused-ring (bicyclic) bond motifs is 1. The Morgan fingerprint density at radius 3 is 3.00 bits per heavy atom. The average Bonchev–Trinajstić information content (AvgIpc) is 3.29. The molecule has 0 saturated heterocycles. The lowest BCUT2D eigenvalue weighted by atomic mass is 10.1. The molecule has 0 aliphatic rings. The molecular formula is C17H13ClN6O3. The lowest BCUT2D eigenvalue weighted by molar-refractivity contribution is 0.102. The highest BCUT2D eigenvalue weighted by molar-refractivity contribution is 6.31. The predicted molar refractivity (Wildman–Crippen MR) is 98.2 cm³/mol. The van der Waals surface area contributed by atoms with Gasteiger partial charge in [0, 0.05) is 22.8 Å². The number of ether oxygens (including phenoxy) is 1. The molecule has 0 atom stereocenters. The number of benzene rings is 1. The number of phenols is 1. The summed E-state index contributed by atoms with van der Waals surface area (Å²) in [6.45, 7) is 0. The van der Waals surface area contributed by atoms with Crippen molar-refractivity contribution in [2.75, 3.05) is 12.4 Å². The smallest absolute Gasteiger partial charge is 0.261 e. The number of halogens is 1. The standard InChI is InChI=1S/C17H13ClN6O3/c1-27-14-4-5-24-16(22-14)11(7-20-24)17(26)21-12-8-19-23-15(12)10-6-9(18)2-3-13(10)25/h2-8,25H,1H3,(H,19,23)(H,21,26). The fourth-order valence-corrected chi connectivity index (χ4v) is 2.78. The Morgan fingerprint density at radius 1 is 1.33 bits per heavy atom. The van der Waals surface area contributed by atoms with Crippen LogP contribution in [-0.2, 0) is 0 Å². The zero-order chi connectivity index (χ0) is 19.0. The lowest BCUT2D eigenvalue weighted by Gasteiger charge is -2.07. The van der Waals surface area contributed by atoms with Gasteiger partial charge in [-0.15, -0.1) is 0 Å². The number of hydrogen-bond acceptors (Lipinski definition) is 6. The second kappa shape index (κ2) is 6.61. The van der Waals surface area contributed by atoms with E-state index >= 15 is 0 Å². The summed E-state index contributed by atoms with van der Waals surface area (Å²) in [4.78, 5) is 17.0. The Labute approximate surface area is 157 Å². The molecule has 9 nitrogen and oxygen atoms in total. The number of aromatic nitrogens is 5. The highest BCUT2D eigenvalue weighted by atomic mass is 35.5. The first kappa shape index (κ1) is 16.9. The second-order valence-electron chi connectivity index (χ2n) is 5.57. The summed E-state index contributed by atoms with van der Waals surface area (Å²) in [5, 5.41) is 24.1. The molecule has 0 spiro atoms. The van der Waals surface area contributed by atoms with E-state index in [-0.39, 0.29) is 11.3 Å². The van der Waals surface area contributed by atoms with Crippen LogP contribution >= 0.6 is 11.6 Å². The van der Waals surface area contributed by atoms with Crippen molar-refractivity contribution in [1.82, 2.24) is 24.8 Å². The largest absolute Gasteiger partial charge is 0.507 e. The van der Waals surface area contributed by atoms with Crippen LogP contribution in [0.25, 0.3) is 16.9 Å². The average molecular weight is 385 g/mol. The van der Waals surface area contributed by atoms with Crippen LogP contribution < -0.4 is 10.1 Å². The van der Waals surface area contributed by atoms with Gasteiger partial charge in [-0.1, -0.05) is 11.6 Å². The van der Waals surface area contributed by atoms with E-state index in [0.29, 0.717) is 33.5 Å². The molecule has 0 unspecified atom stereocenters. The van der Waals surface area contributed by atoms with Gasteiger partial charge in [-0.3, -0.25) is 9.89 Å². The quantitative estimate of drug-likeness (QED) is 0.498. The lowest BCUT2D eigenvalue weighted by Crippen LogP contribution is -2.12. The van der Waals surface area contributed by atoms with E-state index in [1.807, 2.05) is 0 Å². The number of carbonyl (C=O) groups is 1. The number of nitrogens with one attached hydrogen (secondary N) is 2. The summed E-state index contributed by atoms with van der Waals surface area (Å²) in [6.07, 6.45) is 4.49. The summed E-state index contributed by atoms with van der Waals surface area (Å²) in [5.74, 6) is -0.0682. The molecule has 1 amide bonds. The molecule has 3 aromatic heterocycles. The summed E-state index contributed by atoms with van der Waals surface area (Å²) in [6, 6.07) is 6.23. The maximum atomic E-state index is 12.7. The third-order valence-electron chi connectivity index (χ3n) is 3.91. The minimum Gasteiger partial charge on any atom is -0.507 e. The van der Waals surface area contributed by atoms with E-state index in [0.717, 1.165) is 0 Å². The number of carbonyl (C=O) groups excluding carboxylic acids is 1. The molecule has 0 aliphatic heterocycles. The number of rotatable bonds is 4. The SMILES string of the molecule is COc1ccn2ncc(C(=O)Nc3cn[nH]c3-c3cc(Cl)ccc3O)c2n1. The van der Waals surface area contributed by atoms with Gasteiger partial charge >= 0.3 is 0 Å². The maximum absolute atomic E-state index is 12.7. The van der Waals surface area contributed by atoms with Crippen molar-refractivity contribution in [3.8, 4) is 22.9 Å². The van der Waals surface area contributed by atoms with Crippen LogP contribution in [0.15, 0.2) is 42.9 Å². The van der Waals surface area contributed by atoms with Gasteiger partial charge in [-0.25, -0.2) is 4.52 Å². The first-order valence-corrected chi connectivity index (χ1v) is 8.16. The first-order valence-electron chi connectivity index (χ1n) is 7.79. The van der Waals surface area contributed by atoms with E-state index in [9.17, 15) is 9.90 Å². The van der Waals surface area contributed by atoms with Crippen LogP contribution in [-0.4, -0.2) is 42.9 Å². The topological polar surface area (TPSA) is 117 Å². The predicted octanol–water partition coefficient (Wildman–Crippen LogP) is 2.74. The number of phenolic OH excluding ortho intramolecular Hbond substituents is 1. The molecule has 3 heterocycles. The van der Waals surface area contributed by atoms with Crippen LogP contribution in [0, 0.1) is 0 Å². The summed E-state index contributed by atoms with van der Waals surface area (Å²) >= 11 is 6.00. The van der Waals surface area contributed by atoms with E-state index in [1.165, 1.54) is 30.1 Å². The Bertz CT molecular complexity index is 1150. The van der Waals surface area contributed by atoms with Crippen molar-refractivity contribution >= 4 is 28.8 Å². The number of aromatic hydroxyl groups is 1. The monoisotopic (exact) mass is 384 g/mol. The van der Waals surface area contributed by atoms with Gasteiger partial charge in [0.1, 0.15) is 11.3 Å². The molecule has 0 saturated carbocycles. The van der Waals surface area contributed by atoms with Crippen LogP contribution in [0.3, 0.4) is 0 Å².